The standard InChI is InChI=1S/C20H27N3O2/c24-20(15-21-11-13-25-17-20)16-23(14-19-8-4-5-10-22-19)12-9-18-6-2-1-3-7-18/h1-8,10,21,24H,9,11-17H2/t20-/m0/s1. The monoisotopic (exact) mass is 341 g/mol. The number of rotatable bonds is 7. The van der Waals surface area contributed by atoms with Crippen LogP contribution in [0, 0.1) is 0 Å². The van der Waals surface area contributed by atoms with Crippen LogP contribution in [0.2, 0.25) is 0 Å². The van der Waals surface area contributed by atoms with Crippen LogP contribution < -0.4 is 5.32 Å². The fourth-order valence-corrected chi connectivity index (χ4v) is 3.16. The first-order valence-electron chi connectivity index (χ1n) is 8.91. The minimum Gasteiger partial charge on any atom is -0.385 e. The van der Waals surface area contributed by atoms with Gasteiger partial charge in [-0.1, -0.05) is 36.4 Å². The molecule has 2 aromatic rings. The highest BCUT2D eigenvalue weighted by Crippen LogP contribution is 2.13. The Labute approximate surface area is 149 Å². The van der Waals surface area contributed by atoms with Crippen molar-refractivity contribution in [2.45, 2.75) is 18.6 Å². The third-order valence-corrected chi connectivity index (χ3v) is 4.44. The van der Waals surface area contributed by atoms with Crippen LogP contribution in [0.1, 0.15) is 11.3 Å². The Bertz CT molecular complexity index is 613. The van der Waals surface area contributed by atoms with Crippen LogP contribution in [0.4, 0.5) is 0 Å². The van der Waals surface area contributed by atoms with Gasteiger partial charge in [0.15, 0.2) is 0 Å². The van der Waals surface area contributed by atoms with Gasteiger partial charge in [0.05, 0.1) is 18.9 Å². The molecule has 1 fully saturated rings. The summed E-state index contributed by atoms with van der Waals surface area (Å²) in [6, 6.07) is 16.4. The molecule has 25 heavy (non-hydrogen) atoms. The molecule has 2 heterocycles. The molecule has 0 saturated carbocycles. The molecule has 1 aromatic carbocycles. The summed E-state index contributed by atoms with van der Waals surface area (Å²) in [6.45, 7) is 4.49. The Balaban J connectivity index is 1.66. The van der Waals surface area contributed by atoms with Gasteiger partial charge in [-0.3, -0.25) is 9.88 Å². The molecule has 2 N–H and O–H groups in total. The molecule has 0 unspecified atom stereocenters. The number of hydrogen-bond acceptors (Lipinski definition) is 5. The number of nitrogens with zero attached hydrogens (tertiary/aromatic N) is 2. The lowest BCUT2D eigenvalue weighted by atomic mass is 10.0. The summed E-state index contributed by atoms with van der Waals surface area (Å²) in [5, 5.41) is 14.2. The fourth-order valence-electron chi connectivity index (χ4n) is 3.16. The van der Waals surface area contributed by atoms with E-state index in [1.807, 2.05) is 30.5 Å². The topological polar surface area (TPSA) is 57.6 Å². The summed E-state index contributed by atoms with van der Waals surface area (Å²) in [7, 11) is 0. The van der Waals surface area contributed by atoms with Crippen molar-refractivity contribution in [2.75, 3.05) is 39.4 Å². The van der Waals surface area contributed by atoms with Gasteiger partial charge in [0, 0.05) is 38.9 Å². The molecule has 1 aliphatic rings. The Hall–Kier alpha value is -1.79. The first-order chi connectivity index (χ1) is 12.2. The highest BCUT2D eigenvalue weighted by molar-refractivity contribution is 5.15. The predicted molar refractivity (Wildman–Crippen MR) is 98.3 cm³/mol. The summed E-state index contributed by atoms with van der Waals surface area (Å²) in [4.78, 5) is 6.71. The van der Waals surface area contributed by atoms with Gasteiger partial charge < -0.3 is 15.2 Å². The molecule has 1 aliphatic heterocycles. The molecule has 5 nitrogen and oxygen atoms in total. The summed E-state index contributed by atoms with van der Waals surface area (Å²) < 4.78 is 5.57. The van der Waals surface area contributed by atoms with Crippen LogP contribution in [0.25, 0.3) is 0 Å². The number of ether oxygens (including phenoxy) is 1. The number of hydrogen-bond donors (Lipinski definition) is 2. The van der Waals surface area contributed by atoms with Crippen molar-refractivity contribution in [2.24, 2.45) is 0 Å². The second kappa shape index (κ2) is 9.06. The lowest BCUT2D eigenvalue weighted by molar-refractivity contribution is -0.0503. The Morgan fingerprint density at radius 3 is 2.80 bits per heavy atom. The molecule has 134 valence electrons. The zero-order chi connectivity index (χ0) is 17.4. The van der Waals surface area contributed by atoms with E-state index >= 15 is 0 Å². The maximum atomic E-state index is 10.9. The zero-order valence-electron chi connectivity index (χ0n) is 14.6. The molecule has 1 aromatic heterocycles. The smallest absolute Gasteiger partial charge is 0.113 e. The van der Waals surface area contributed by atoms with Gasteiger partial charge in [0.2, 0.25) is 0 Å². The summed E-state index contributed by atoms with van der Waals surface area (Å²) in [5.74, 6) is 0. The number of aliphatic hydroxyl groups is 1. The highest BCUT2D eigenvalue weighted by atomic mass is 16.5. The number of nitrogens with one attached hydrogen (secondary N) is 1. The van der Waals surface area contributed by atoms with Crippen LogP contribution >= 0.6 is 0 Å². The van der Waals surface area contributed by atoms with E-state index < -0.39 is 5.60 Å². The van der Waals surface area contributed by atoms with Crippen LogP contribution in [-0.2, 0) is 17.7 Å². The maximum Gasteiger partial charge on any atom is 0.113 e. The molecule has 0 aliphatic carbocycles. The van der Waals surface area contributed by atoms with Gasteiger partial charge in [-0.2, -0.15) is 0 Å². The van der Waals surface area contributed by atoms with Crippen molar-refractivity contribution in [3.8, 4) is 0 Å². The van der Waals surface area contributed by atoms with Crippen LogP contribution in [0.3, 0.4) is 0 Å². The number of pyridine rings is 1. The van der Waals surface area contributed by atoms with Crippen molar-refractivity contribution in [3.63, 3.8) is 0 Å². The van der Waals surface area contributed by atoms with Crippen LogP contribution in [0.15, 0.2) is 54.7 Å². The number of aromatic nitrogens is 1. The molecule has 0 spiro atoms. The second-order valence-corrected chi connectivity index (χ2v) is 6.72. The molecule has 0 radical (unpaired) electrons. The first-order valence-corrected chi connectivity index (χ1v) is 8.91. The molecule has 5 heteroatoms. The van der Waals surface area contributed by atoms with Crippen molar-refractivity contribution in [1.29, 1.82) is 0 Å². The predicted octanol–water partition coefficient (Wildman–Crippen LogP) is 1.48. The lowest BCUT2D eigenvalue weighted by Gasteiger charge is -2.33. The first kappa shape index (κ1) is 18.0. The van der Waals surface area contributed by atoms with E-state index in [0.29, 0.717) is 26.3 Å². The number of benzene rings is 1. The van der Waals surface area contributed by atoms with Gasteiger partial charge in [0.25, 0.3) is 0 Å². The van der Waals surface area contributed by atoms with Crippen molar-refractivity contribution in [1.82, 2.24) is 15.2 Å². The van der Waals surface area contributed by atoms with E-state index in [1.54, 1.807) is 0 Å². The van der Waals surface area contributed by atoms with E-state index in [1.165, 1.54) is 5.56 Å². The largest absolute Gasteiger partial charge is 0.385 e. The summed E-state index contributed by atoms with van der Waals surface area (Å²) >= 11 is 0. The van der Waals surface area contributed by atoms with E-state index in [9.17, 15) is 5.11 Å². The van der Waals surface area contributed by atoms with E-state index in [2.05, 4.69) is 39.5 Å². The van der Waals surface area contributed by atoms with Crippen molar-refractivity contribution in [3.05, 3.63) is 66.0 Å². The van der Waals surface area contributed by atoms with E-state index in [-0.39, 0.29) is 0 Å². The molecule has 3 rings (SSSR count). The van der Waals surface area contributed by atoms with Gasteiger partial charge in [-0.05, 0) is 24.1 Å². The third kappa shape index (κ3) is 5.90. The van der Waals surface area contributed by atoms with E-state index in [4.69, 9.17) is 4.74 Å². The highest BCUT2D eigenvalue weighted by Gasteiger charge is 2.31. The molecule has 0 amide bonds. The van der Waals surface area contributed by atoms with Crippen molar-refractivity contribution >= 4 is 0 Å². The molecule has 1 atom stereocenters. The average Bonchev–Trinajstić information content (AvgIpc) is 2.86. The molecule has 0 bridgehead atoms. The fraction of sp³-hybridized carbons (Fsp3) is 0.450. The Morgan fingerprint density at radius 2 is 2.00 bits per heavy atom. The van der Waals surface area contributed by atoms with Crippen LogP contribution in [0.5, 0.6) is 0 Å². The van der Waals surface area contributed by atoms with Gasteiger partial charge >= 0.3 is 0 Å². The normalized spacial score (nSPS) is 21.2. The number of β-amino-alcohol motifs (C(OH)–C–C–N with tert-alkyl or cyclic N) is 1. The minimum atomic E-state index is -0.873. The molecule has 1 saturated heterocycles. The average molecular weight is 341 g/mol. The lowest BCUT2D eigenvalue weighted by Crippen LogP contribution is -2.51. The van der Waals surface area contributed by atoms with Gasteiger partial charge in [-0.25, -0.2) is 0 Å². The van der Waals surface area contributed by atoms with E-state index in [0.717, 1.165) is 31.7 Å². The Morgan fingerprint density at radius 1 is 1.16 bits per heavy atom. The van der Waals surface area contributed by atoms with Crippen LogP contribution in [-0.4, -0.2) is 60.0 Å². The molecular formula is C20H27N3O2. The second-order valence-electron chi connectivity index (χ2n) is 6.72. The summed E-state index contributed by atoms with van der Waals surface area (Å²) in [5.41, 5.74) is 1.44. The van der Waals surface area contributed by atoms with Gasteiger partial charge in [-0.15, -0.1) is 0 Å². The quantitative estimate of drug-likeness (QED) is 0.799. The van der Waals surface area contributed by atoms with Gasteiger partial charge in [0.1, 0.15) is 5.60 Å². The SMILES string of the molecule is O[C@]1(CN(CCc2ccccc2)Cc2ccccn2)CNCCOC1. The van der Waals surface area contributed by atoms with Crippen molar-refractivity contribution < 1.29 is 9.84 Å². The molecular weight excluding hydrogens is 314 g/mol. The Kier molecular flexibility index (Phi) is 6.53. The minimum absolute atomic E-state index is 0.365. The third-order valence-electron chi connectivity index (χ3n) is 4.44. The zero-order valence-corrected chi connectivity index (χ0v) is 14.6. The summed E-state index contributed by atoms with van der Waals surface area (Å²) in [6.07, 6.45) is 2.76. The maximum absolute atomic E-state index is 10.9.